The standard InChI is InChI=1S/C31H38FN3O6S/c1-6-22(3)33-31(37)23(4)34(20-24-8-14-27(40-5)15-9-24)30(36)21-35(26-12-16-28(17-13-26)41-7-2)42(38,39)29-18-10-25(32)11-19-29/h8-19,22-23H,6-7,20-21H2,1-5H3,(H,33,37)/t22-,23+/m1/s1. The topological polar surface area (TPSA) is 105 Å². The summed E-state index contributed by atoms with van der Waals surface area (Å²) in [5, 5.41) is 2.90. The Morgan fingerprint density at radius 1 is 0.905 bits per heavy atom. The summed E-state index contributed by atoms with van der Waals surface area (Å²) in [6.07, 6.45) is 0.701. The first-order valence-electron chi connectivity index (χ1n) is 13.7. The number of hydrogen-bond donors (Lipinski definition) is 1. The van der Waals surface area contributed by atoms with Crippen molar-refractivity contribution >= 4 is 27.5 Å². The van der Waals surface area contributed by atoms with Gasteiger partial charge in [-0.1, -0.05) is 19.1 Å². The number of halogens is 1. The molecule has 3 rings (SSSR count). The summed E-state index contributed by atoms with van der Waals surface area (Å²) in [5.41, 5.74) is 0.929. The van der Waals surface area contributed by atoms with Gasteiger partial charge in [0.2, 0.25) is 11.8 Å². The molecule has 0 aromatic heterocycles. The molecule has 0 fully saturated rings. The van der Waals surface area contributed by atoms with E-state index in [1.54, 1.807) is 50.4 Å². The molecule has 1 N–H and O–H groups in total. The molecule has 42 heavy (non-hydrogen) atoms. The Morgan fingerprint density at radius 3 is 2.05 bits per heavy atom. The molecule has 11 heteroatoms. The average Bonchev–Trinajstić information content (AvgIpc) is 2.99. The second-order valence-electron chi connectivity index (χ2n) is 9.76. The second-order valence-corrected chi connectivity index (χ2v) is 11.6. The van der Waals surface area contributed by atoms with Crippen LogP contribution in [0.25, 0.3) is 0 Å². The van der Waals surface area contributed by atoms with Crippen LogP contribution in [0.3, 0.4) is 0 Å². The first-order chi connectivity index (χ1) is 20.0. The average molecular weight is 600 g/mol. The van der Waals surface area contributed by atoms with Gasteiger partial charge in [-0.25, -0.2) is 12.8 Å². The van der Waals surface area contributed by atoms with Crippen molar-refractivity contribution in [3.05, 3.63) is 84.2 Å². The maximum Gasteiger partial charge on any atom is 0.264 e. The van der Waals surface area contributed by atoms with Crippen molar-refractivity contribution in [1.82, 2.24) is 10.2 Å². The first-order valence-corrected chi connectivity index (χ1v) is 15.2. The molecule has 0 saturated carbocycles. The van der Waals surface area contributed by atoms with Gasteiger partial charge in [-0.15, -0.1) is 0 Å². The fourth-order valence-electron chi connectivity index (χ4n) is 4.11. The zero-order chi connectivity index (χ0) is 30.9. The van der Waals surface area contributed by atoms with Crippen molar-refractivity contribution < 1.29 is 31.9 Å². The predicted octanol–water partition coefficient (Wildman–Crippen LogP) is 4.76. The van der Waals surface area contributed by atoms with Gasteiger partial charge in [-0.3, -0.25) is 13.9 Å². The van der Waals surface area contributed by atoms with Crippen LogP contribution in [0.1, 0.15) is 39.7 Å². The number of ether oxygens (including phenoxy) is 2. The Balaban J connectivity index is 2.02. The number of nitrogens with one attached hydrogen (secondary N) is 1. The lowest BCUT2D eigenvalue weighted by Gasteiger charge is -2.32. The summed E-state index contributed by atoms with van der Waals surface area (Å²) in [4.78, 5) is 28.3. The maximum absolute atomic E-state index is 14.0. The van der Waals surface area contributed by atoms with E-state index in [0.717, 1.165) is 34.1 Å². The molecule has 0 aliphatic rings. The van der Waals surface area contributed by atoms with E-state index < -0.39 is 34.3 Å². The summed E-state index contributed by atoms with van der Waals surface area (Å²) in [6, 6.07) is 16.7. The second kappa shape index (κ2) is 14.7. The largest absolute Gasteiger partial charge is 0.497 e. The fourth-order valence-corrected chi connectivity index (χ4v) is 5.53. The van der Waals surface area contributed by atoms with E-state index in [4.69, 9.17) is 9.47 Å². The van der Waals surface area contributed by atoms with Crippen molar-refractivity contribution in [1.29, 1.82) is 0 Å². The van der Waals surface area contributed by atoms with E-state index in [2.05, 4.69) is 5.32 Å². The van der Waals surface area contributed by atoms with Gasteiger partial charge in [0.15, 0.2) is 0 Å². The summed E-state index contributed by atoms with van der Waals surface area (Å²) in [5.74, 6) is -0.392. The summed E-state index contributed by atoms with van der Waals surface area (Å²) in [6.45, 7) is 7.10. The number of carbonyl (C=O) groups excluding carboxylic acids is 2. The van der Waals surface area contributed by atoms with Crippen LogP contribution in [0.15, 0.2) is 77.7 Å². The highest BCUT2D eigenvalue weighted by atomic mass is 32.2. The molecule has 0 saturated heterocycles. The van der Waals surface area contributed by atoms with Crippen molar-refractivity contribution in [2.75, 3.05) is 24.6 Å². The van der Waals surface area contributed by atoms with Gasteiger partial charge >= 0.3 is 0 Å². The van der Waals surface area contributed by atoms with Crippen molar-refractivity contribution in [3.63, 3.8) is 0 Å². The van der Waals surface area contributed by atoms with Crippen LogP contribution in [-0.2, 0) is 26.2 Å². The van der Waals surface area contributed by atoms with Crippen LogP contribution < -0.4 is 19.1 Å². The minimum Gasteiger partial charge on any atom is -0.497 e. The predicted molar refractivity (Wildman–Crippen MR) is 159 cm³/mol. The molecule has 0 radical (unpaired) electrons. The summed E-state index contributed by atoms with van der Waals surface area (Å²) < 4.78 is 53.0. The Bertz CT molecular complexity index is 1430. The van der Waals surface area contributed by atoms with Crippen molar-refractivity contribution in [2.24, 2.45) is 0 Å². The van der Waals surface area contributed by atoms with Crippen molar-refractivity contribution in [2.45, 2.75) is 57.6 Å². The zero-order valence-corrected chi connectivity index (χ0v) is 25.4. The Morgan fingerprint density at radius 2 is 1.50 bits per heavy atom. The molecule has 0 unspecified atom stereocenters. The summed E-state index contributed by atoms with van der Waals surface area (Å²) >= 11 is 0. The quantitative estimate of drug-likeness (QED) is 0.287. The molecule has 226 valence electrons. The van der Waals surface area contributed by atoms with Gasteiger partial charge in [0.05, 0.1) is 24.3 Å². The van der Waals surface area contributed by atoms with Crippen LogP contribution >= 0.6 is 0 Å². The minimum atomic E-state index is -4.31. The Kier molecular flexibility index (Phi) is 11.3. The van der Waals surface area contributed by atoms with E-state index in [9.17, 15) is 22.4 Å². The van der Waals surface area contributed by atoms with Gasteiger partial charge in [-0.05, 0) is 93.4 Å². The third kappa shape index (κ3) is 8.22. The molecule has 0 bridgehead atoms. The highest BCUT2D eigenvalue weighted by molar-refractivity contribution is 7.92. The normalized spacial score (nSPS) is 12.6. The lowest BCUT2D eigenvalue weighted by atomic mass is 10.1. The van der Waals surface area contributed by atoms with Gasteiger partial charge in [0, 0.05) is 12.6 Å². The molecule has 0 heterocycles. The molecular formula is C31H38FN3O6S. The van der Waals surface area contributed by atoms with E-state index in [1.165, 1.54) is 17.0 Å². The van der Waals surface area contributed by atoms with Gasteiger partial charge in [0.1, 0.15) is 29.9 Å². The molecule has 3 aromatic carbocycles. The number of hydrogen-bond acceptors (Lipinski definition) is 6. The lowest BCUT2D eigenvalue weighted by molar-refractivity contribution is -0.139. The highest BCUT2D eigenvalue weighted by Gasteiger charge is 2.33. The minimum absolute atomic E-state index is 0.0473. The van der Waals surface area contributed by atoms with E-state index in [-0.39, 0.29) is 29.1 Å². The Labute approximate surface area is 247 Å². The maximum atomic E-state index is 14.0. The molecule has 2 amide bonds. The van der Waals surface area contributed by atoms with Gasteiger partial charge in [0.25, 0.3) is 10.0 Å². The van der Waals surface area contributed by atoms with Crippen LogP contribution in [-0.4, -0.2) is 57.5 Å². The fraction of sp³-hybridized carbons (Fsp3) is 0.355. The molecule has 2 atom stereocenters. The molecule has 0 aliphatic carbocycles. The number of anilines is 1. The SMILES string of the molecule is CCOc1ccc(N(CC(=O)N(Cc2ccc(OC)cc2)[C@@H](C)C(=O)N[C@H](C)CC)S(=O)(=O)c2ccc(F)cc2)cc1. The molecular weight excluding hydrogens is 561 g/mol. The zero-order valence-electron chi connectivity index (χ0n) is 24.5. The molecule has 3 aromatic rings. The van der Waals surface area contributed by atoms with E-state index in [0.29, 0.717) is 24.5 Å². The molecule has 0 spiro atoms. The van der Waals surface area contributed by atoms with Crippen LogP contribution in [0, 0.1) is 5.82 Å². The Hall–Kier alpha value is -4.12. The number of benzene rings is 3. The third-order valence-corrected chi connectivity index (χ3v) is 8.58. The molecule has 9 nitrogen and oxygen atoms in total. The number of rotatable bonds is 14. The van der Waals surface area contributed by atoms with Crippen LogP contribution in [0.2, 0.25) is 0 Å². The van der Waals surface area contributed by atoms with Gasteiger partial charge in [-0.2, -0.15) is 0 Å². The first kappa shape index (κ1) is 32.4. The summed E-state index contributed by atoms with van der Waals surface area (Å²) in [7, 11) is -2.77. The van der Waals surface area contributed by atoms with E-state index >= 15 is 0 Å². The highest BCUT2D eigenvalue weighted by Crippen LogP contribution is 2.27. The van der Waals surface area contributed by atoms with Gasteiger partial charge < -0.3 is 19.7 Å². The van der Waals surface area contributed by atoms with E-state index in [1.807, 2.05) is 20.8 Å². The number of amides is 2. The third-order valence-electron chi connectivity index (χ3n) is 6.80. The van der Waals surface area contributed by atoms with Crippen molar-refractivity contribution in [3.8, 4) is 11.5 Å². The number of sulfonamides is 1. The monoisotopic (exact) mass is 599 g/mol. The van der Waals surface area contributed by atoms with Crippen LogP contribution in [0.4, 0.5) is 10.1 Å². The lowest BCUT2D eigenvalue weighted by Crippen LogP contribution is -2.52. The number of methoxy groups -OCH3 is 1. The number of nitrogens with zero attached hydrogens (tertiary/aromatic N) is 2. The smallest absolute Gasteiger partial charge is 0.264 e. The molecule has 0 aliphatic heterocycles. The number of carbonyl (C=O) groups is 2. The van der Waals surface area contributed by atoms with Crippen LogP contribution in [0.5, 0.6) is 11.5 Å².